The van der Waals surface area contributed by atoms with Gasteiger partial charge in [-0.3, -0.25) is 4.79 Å². The van der Waals surface area contributed by atoms with Gasteiger partial charge in [0.1, 0.15) is 0 Å². The zero-order valence-corrected chi connectivity index (χ0v) is 18.7. The molecule has 0 aliphatic rings. The van der Waals surface area contributed by atoms with E-state index in [1.54, 1.807) is 14.1 Å². The Morgan fingerprint density at radius 1 is 0.741 bits per heavy atom. The first kappa shape index (κ1) is 26.1. The fourth-order valence-electron chi connectivity index (χ4n) is 3.54. The van der Waals surface area contributed by atoms with Gasteiger partial charge in [-0.1, -0.05) is 83.8 Å². The Morgan fingerprint density at radius 3 is 1.78 bits per heavy atom. The maximum Gasteiger partial charge on any atom is 0.254 e. The van der Waals surface area contributed by atoms with E-state index in [1.165, 1.54) is 75.7 Å². The molecule has 0 rings (SSSR count). The maximum atomic E-state index is 12.5. The van der Waals surface area contributed by atoms with E-state index < -0.39 is 0 Å². The van der Waals surface area contributed by atoms with Crippen LogP contribution in [0.1, 0.15) is 110 Å². The predicted molar refractivity (Wildman–Crippen MR) is 118 cm³/mol. The summed E-state index contributed by atoms with van der Waals surface area (Å²) in [5, 5.41) is 1.51. The number of hydrazine groups is 2. The fraction of sp³-hybridized carbons (Fsp3) is 0.870. The average molecular weight is 382 g/mol. The molecule has 0 radical (unpaired) electrons. The van der Waals surface area contributed by atoms with E-state index in [-0.39, 0.29) is 11.8 Å². The topological polar surface area (TPSA) is 44.4 Å². The van der Waals surface area contributed by atoms with Crippen LogP contribution in [0.2, 0.25) is 0 Å². The molecule has 0 aliphatic heterocycles. The zero-order valence-electron chi connectivity index (χ0n) is 18.7. The molecule has 0 bridgehead atoms. The SMILES string of the molecule is CCCCCCCCC=CCCCCCCC(CCC)C(=O)N(NC)NC. The number of allylic oxidation sites excluding steroid dienone is 2. The number of hydrogen-bond donors (Lipinski definition) is 2. The normalized spacial score (nSPS) is 12.6. The van der Waals surface area contributed by atoms with Crippen LogP contribution in [0.4, 0.5) is 0 Å². The second-order valence-electron chi connectivity index (χ2n) is 7.63. The highest BCUT2D eigenvalue weighted by molar-refractivity contribution is 5.77. The lowest BCUT2D eigenvalue weighted by molar-refractivity contribution is -0.142. The molecule has 0 aromatic carbocycles. The molecule has 27 heavy (non-hydrogen) atoms. The minimum absolute atomic E-state index is 0.132. The number of nitrogens with one attached hydrogen (secondary N) is 2. The van der Waals surface area contributed by atoms with Crippen molar-refractivity contribution in [3.05, 3.63) is 12.2 Å². The van der Waals surface area contributed by atoms with Gasteiger partial charge in [-0.05, 0) is 38.5 Å². The van der Waals surface area contributed by atoms with Crippen molar-refractivity contribution >= 4 is 5.91 Å². The molecule has 0 heterocycles. The third-order valence-electron chi connectivity index (χ3n) is 5.22. The van der Waals surface area contributed by atoms with E-state index in [0.29, 0.717) is 0 Å². The minimum atomic E-state index is 0.132. The Kier molecular flexibility index (Phi) is 19.2. The highest BCUT2D eigenvalue weighted by Gasteiger charge is 2.21. The van der Waals surface area contributed by atoms with Crippen molar-refractivity contribution in [1.82, 2.24) is 16.0 Å². The molecule has 0 spiro atoms. The maximum absolute atomic E-state index is 12.5. The van der Waals surface area contributed by atoms with Crippen LogP contribution in [0.3, 0.4) is 0 Å². The van der Waals surface area contributed by atoms with Gasteiger partial charge in [0.2, 0.25) is 0 Å². The van der Waals surface area contributed by atoms with Crippen molar-refractivity contribution in [2.75, 3.05) is 14.1 Å². The number of carbonyl (C=O) groups excluding carboxylic acids is 1. The van der Waals surface area contributed by atoms with E-state index in [4.69, 9.17) is 0 Å². The number of nitrogens with zero attached hydrogens (tertiary/aromatic N) is 1. The summed E-state index contributed by atoms with van der Waals surface area (Å²) in [5.41, 5.74) is 5.81. The van der Waals surface area contributed by atoms with Gasteiger partial charge in [-0.2, -0.15) is 0 Å². The molecule has 1 atom stereocenters. The molecular formula is C23H47N3O. The third kappa shape index (κ3) is 14.8. The summed E-state index contributed by atoms with van der Waals surface area (Å²) in [6.45, 7) is 4.42. The number of hydrogen-bond acceptors (Lipinski definition) is 3. The molecule has 0 aromatic rings. The summed E-state index contributed by atoms with van der Waals surface area (Å²) in [7, 11) is 3.55. The van der Waals surface area contributed by atoms with E-state index in [1.807, 2.05) is 0 Å². The molecule has 4 heteroatoms. The van der Waals surface area contributed by atoms with Crippen LogP contribution in [-0.4, -0.2) is 25.1 Å². The molecule has 0 fully saturated rings. The lowest BCUT2D eigenvalue weighted by atomic mass is 9.95. The Labute approximate surface area is 169 Å². The van der Waals surface area contributed by atoms with Crippen molar-refractivity contribution in [1.29, 1.82) is 0 Å². The molecule has 160 valence electrons. The number of carbonyl (C=O) groups is 1. The van der Waals surface area contributed by atoms with Crippen LogP contribution in [0.25, 0.3) is 0 Å². The summed E-state index contributed by atoms with van der Waals surface area (Å²) in [5.74, 6) is 0.298. The molecular weight excluding hydrogens is 334 g/mol. The standard InChI is InChI=1S/C23H47N3O/c1-5-7-8-9-10-11-12-13-14-15-16-17-18-19-21-22(20-6-2)23(27)26(24-3)25-4/h13-14,22,24-25H,5-12,15-21H2,1-4H3. The number of rotatable bonds is 19. The number of unbranched alkanes of at least 4 members (excludes halogenated alkanes) is 10. The van der Waals surface area contributed by atoms with Gasteiger partial charge < -0.3 is 0 Å². The fourth-order valence-corrected chi connectivity index (χ4v) is 3.54. The summed E-state index contributed by atoms with van der Waals surface area (Å²) < 4.78 is 0. The highest BCUT2D eigenvalue weighted by atomic mass is 16.2. The quantitative estimate of drug-likeness (QED) is 0.160. The molecule has 0 saturated carbocycles. The van der Waals surface area contributed by atoms with Gasteiger partial charge in [0.05, 0.1) is 0 Å². The summed E-state index contributed by atoms with van der Waals surface area (Å²) in [6.07, 6.45) is 23.5. The van der Waals surface area contributed by atoms with Crippen LogP contribution >= 0.6 is 0 Å². The Bertz CT molecular complexity index is 354. The van der Waals surface area contributed by atoms with Gasteiger partial charge in [-0.25, -0.2) is 16.0 Å². The van der Waals surface area contributed by atoms with E-state index in [0.717, 1.165) is 25.7 Å². The zero-order chi connectivity index (χ0) is 20.2. The molecule has 2 N–H and O–H groups in total. The first-order chi connectivity index (χ1) is 13.2. The van der Waals surface area contributed by atoms with Crippen LogP contribution < -0.4 is 10.9 Å². The molecule has 4 nitrogen and oxygen atoms in total. The monoisotopic (exact) mass is 381 g/mol. The lowest BCUT2D eigenvalue weighted by Crippen LogP contribution is -2.51. The first-order valence-corrected chi connectivity index (χ1v) is 11.5. The van der Waals surface area contributed by atoms with Crippen LogP contribution in [-0.2, 0) is 4.79 Å². The van der Waals surface area contributed by atoms with Crippen LogP contribution in [0.15, 0.2) is 12.2 Å². The smallest absolute Gasteiger partial charge is 0.254 e. The van der Waals surface area contributed by atoms with Gasteiger partial charge in [0.25, 0.3) is 5.91 Å². The molecule has 1 unspecified atom stereocenters. The molecule has 0 saturated heterocycles. The lowest BCUT2D eigenvalue weighted by Gasteiger charge is -2.25. The van der Waals surface area contributed by atoms with Crippen LogP contribution in [0, 0.1) is 5.92 Å². The third-order valence-corrected chi connectivity index (χ3v) is 5.22. The average Bonchev–Trinajstić information content (AvgIpc) is 2.68. The van der Waals surface area contributed by atoms with Crippen molar-refractivity contribution in [2.45, 2.75) is 110 Å². The van der Waals surface area contributed by atoms with Gasteiger partial charge in [-0.15, -0.1) is 0 Å². The van der Waals surface area contributed by atoms with E-state index in [9.17, 15) is 4.79 Å². The molecule has 1 amide bonds. The molecule has 0 aromatic heterocycles. The summed E-state index contributed by atoms with van der Waals surface area (Å²) in [4.78, 5) is 12.5. The molecule has 0 aliphatic carbocycles. The van der Waals surface area contributed by atoms with Gasteiger partial charge in [0, 0.05) is 20.0 Å². The Morgan fingerprint density at radius 2 is 1.26 bits per heavy atom. The van der Waals surface area contributed by atoms with Gasteiger partial charge in [0.15, 0.2) is 0 Å². The summed E-state index contributed by atoms with van der Waals surface area (Å²) in [6, 6.07) is 0. The second kappa shape index (κ2) is 19.9. The van der Waals surface area contributed by atoms with Crippen molar-refractivity contribution < 1.29 is 4.79 Å². The summed E-state index contributed by atoms with van der Waals surface area (Å²) >= 11 is 0. The van der Waals surface area contributed by atoms with Crippen molar-refractivity contribution in [3.63, 3.8) is 0 Å². The van der Waals surface area contributed by atoms with Crippen molar-refractivity contribution in [3.8, 4) is 0 Å². The van der Waals surface area contributed by atoms with Gasteiger partial charge >= 0.3 is 0 Å². The Balaban J connectivity index is 3.67. The predicted octanol–water partition coefficient (Wildman–Crippen LogP) is 6.15. The minimum Gasteiger partial charge on any atom is -0.272 e. The van der Waals surface area contributed by atoms with Crippen LogP contribution in [0.5, 0.6) is 0 Å². The van der Waals surface area contributed by atoms with E-state index >= 15 is 0 Å². The van der Waals surface area contributed by atoms with Crippen molar-refractivity contribution in [2.24, 2.45) is 5.92 Å². The van der Waals surface area contributed by atoms with E-state index in [2.05, 4.69) is 36.9 Å². The Hall–Kier alpha value is -0.870. The first-order valence-electron chi connectivity index (χ1n) is 11.5. The highest BCUT2D eigenvalue weighted by Crippen LogP contribution is 2.18. The second-order valence-corrected chi connectivity index (χ2v) is 7.63. The largest absolute Gasteiger partial charge is 0.272 e. The number of amides is 1.